The third kappa shape index (κ3) is 1.09. The zero-order valence-electron chi connectivity index (χ0n) is 9.40. The highest BCUT2D eigenvalue weighted by atomic mass is 32.1. The molecule has 1 N–H and O–H groups in total. The van der Waals surface area contributed by atoms with E-state index in [1.807, 2.05) is 20.4 Å². The molecule has 0 saturated heterocycles. The Balaban J connectivity index is 2.61. The predicted octanol–water partition coefficient (Wildman–Crippen LogP) is 2.53. The van der Waals surface area contributed by atoms with Crippen molar-refractivity contribution in [2.45, 2.75) is 6.92 Å². The van der Waals surface area contributed by atoms with Crippen molar-refractivity contribution in [3.63, 3.8) is 0 Å². The Hall–Kier alpha value is -1.62. The minimum Gasteiger partial charge on any atom is -0.371 e. The molecule has 0 aliphatic heterocycles. The van der Waals surface area contributed by atoms with E-state index in [1.165, 1.54) is 10.3 Å². The Morgan fingerprint density at radius 2 is 2.19 bits per heavy atom. The quantitative estimate of drug-likeness (QED) is 0.701. The summed E-state index contributed by atoms with van der Waals surface area (Å²) in [7, 11) is 3.90. The highest BCUT2D eigenvalue weighted by Gasteiger charge is 2.14. The van der Waals surface area contributed by atoms with Gasteiger partial charge in [0, 0.05) is 14.1 Å². The zero-order valence-corrected chi connectivity index (χ0v) is 10.2. The van der Waals surface area contributed by atoms with Crippen LogP contribution in [-0.4, -0.2) is 21.6 Å². The summed E-state index contributed by atoms with van der Waals surface area (Å²) in [6, 6.07) is 0. The molecular weight excluding hydrogens is 220 g/mol. The van der Waals surface area contributed by atoms with E-state index in [0.29, 0.717) is 0 Å². The van der Waals surface area contributed by atoms with Gasteiger partial charge in [0.1, 0.15) is 5.52 Å². The van der Waals surface area contributed by atoms with Crippen LogP contribution < -0.4 is 5.32 Å². The molecule has 3 aromatic heterocycles. The molecule has 0 saturated carbocycles. The van der Waals surface area contributed by atoms with Gasteiger partial charge in [0.05, 0.1) is 22.1 Å². The van der Waals surface area contributed by atoms with Crippen LogP contribution in [0.25, 0.3) is 21.3 Å². The SMILES string of the molecule is CNc1nc2c(C)csc2c2c1ncn2C. The van der Waals surface area contributed by atoms with E-state index in [-0.39, 0.29) is 0 Å². The maximum absolute atomic E-state index is 4.62. The van der Waals surface area contributed by atoms with Crippen LogP contribution in [0.5, 0.6) is 0 Å². The molecule has 3 heterocycles. The molecule has 3 aromatic rings. The Bertz CT molecular complexity index is 680. The first-order chi connectivity index (χ1) is 7.72. The highest BCUT2D eigenvalue weighted by Crippen LogP contribution is 2.33. The number of hydrogen-bond donors (Lipinski definition) is 1. The molecule has 0 fully saturated rings. The van der Waals surface area contributed by atoms with Gasteiger partial charge in [-0.1, -0.05) is 0 Å². The van der Waals surface area contributed by atoms with Crippen molar-refractivity contribution < 1.29 is 0 Å². The molecule has 0 spiro atoms. The number of nitrogens with one attached hydrogen (secondary N) is 1. The summed E-state index contributed by atoms with van der Waals surface area (Å²) in [5.41, 5.74) is 4.40. The van der Waals surface area contributed by atoms with Crippen LogP contribution in [0.4, 0.5) is 5.82 Å². The molecule has 0 amide bonds. The van der Waals surface area contributed by atoms with Gasteiger partial charge in [0.2, 0.25) is 0 Å². The Labute approximate surface area is 96.9 Å². The number of fused-ring (bicyclic) bond motifs is 3. The third-order valence-electron chi connectivity index (χ3n) is 2.78. The number of pyridine rings is 1. The van der Waals surface area contributed by atoms with E-state index in [0.717, 1.165) is 22.4 Å². The van der Waals surface area contributed by atoms with Crippen molar-refractivity contribution in [1.29, 1.82) is 0 Å². The third-order valence-corrected chi connectivity index (χ3v) is 3.87. The number of rotatable bonds is 1. The average Bonchev–Trinajstić information content (AvgIpc) is 2.83. The lowest BCUT2D eigenvalue weighted by atomic mass is 10.2. The number of aromatic nitrogens is 3. The Kier molecular flexibility index (Phi) is 1.91. The minimum absolute atomic E-state index is 0.851. The zero-order chi connectivity index (χ0) is 11.3. The monoisotopic (exact) mass is 232 g/mol. The lowest BCUT2D eigenvalue weighted by Gasteiger charge is -2.03. The maximum Gasteiger partial charge on any atom is 0.154 e. The lowest BCUT2D eigenvalue weighted by Crippen LogP contribution is -1.95. The van der Waals surface area contributed by atoms with Crippen molar-refractivity contribution in [3.05, 3.63) is 17.3 Å². The minimum atomic E-state index is 0.851. The molecule has 0 unspecified atom stereocenters. The van der Waals surface area contributed by atoms with Gasteiger partial charge in [-0.25, -0.2) is 9.97 Å². The summed E-state index contributed by atoms with van der Waals surface area (Å²) in [5.74, 6) is 0.851. The number of anilines is 1. The Morgan fingerprint density at radius 1 is 1.38 bits per heavy atom. The van der Waals surface area contributed by atoms with Gasteiger partial charge in [-0.3, -0.25) is 0 Å². The molecule has 0 atom stereocenters. The van der Waals surface area contributed by atoms with Crippen LogP contribution in [0.15, 0.2) is 11.7 Å². The first-order valence-corrected chi connectivity index (χ1v) is 5.97. The fourth-order valence-corrected chi connectivity index (χ4v) is 3.03. The van der Waals surface area contributed by atoms with Crippen molar-refractivity contribution in [2.75, 3.05) is 12.4 Å². The van der Waals surface area contributed by atoms with Crippen LogP contribution >= 0.6 is 11.3 Å². The molecule has 16 heavy (non-hydrogen) atoms. The largest absolute Gasteiger partial charge is 0.371 e. The van der Waals surface area contributed by atoms with Gasteiger partial charge in [0.25, 0.3) is 0 Å². The fraction of sp³-hybridized carbons (Fsp3) is 0.273. The second kappa shape index (κ2) is 3.18. The van der Waals surface area contributed by atoms with Crippen molar-refractivity contribution in [1.82, 2.24) is 14.5 Å². The van der Waals surface area contributed by atoms with Gasteiger partial charge < -0.3 is 9.88 Å². The van der Waals surface area contributed by atoms with Crippen LogP contribution in [0.2, 0.25) is 0 Å². The van der Waals surface area contributed by atoms with Crippen molar-refractivity contribution in [3.8, 4) is 0 Å². The molecule has 82 valence electrons. The number of imidazole rings is 1. The van der Waals surface area contributed by atoms with E-state index in [1.54, 1.807) is 11.3 Å². The molecule has 0 aromatic carbocycles. The number of nitrogens with zero attached hydrogens (tertiary/aromatic N) is 3. The smallest absolute Gasteiger partial charge is 0.154 e. The van der Waals surface area contributed by atoms with Crippen LogP contribution in [0, 0.1) is 6.92 Å². The van der Waals surface area contributed by atoms with E-state index in [4.69, 9.17) is 0 Å². The fourth-order valence-electron chi connectivity index (χ4n) is 1.96. The normalized spacial score (nSPS) is 11.4. The number of thiophene rings is 1. The van der Waals surface area contributed by atoms with Crippen LogP contribution in [0.1, 0.15) is 5.56 Å². The second-order valence-electron chi connectivity index (χ2n) is 3.86. The molecule has 3 rings (SSSR count). The predicted molar refractivity (Wildman–Crippen MR) is 68.2 cm³/mol. The highest BCUT2D eigenvalue weighted by molar-refractivity contribution is 7.18. The average molecular weight is 232 g/mol. The first-order valence-electron chi connectivity index (χ1n) is 5.09. The van der Waals surface area contributed by atoms with Crippen molar-refractivity contribution in [2.24, 2.45) is 7.05 Å². The van der Waals surface area contributed by atoms with E-state index < -0.39 is 0 Å². The van der Waals surface area contributed by atoms with Gasteiger partial charge in [-0.2, -0.15) is 0 Å². The van der Waals surface area contributed by atoms with Gasteiger partial charge in [0.15, 0.2) is 5.82 Å². The molecule has 0 bridgehead atoms. The van der Waals surface area contributed by atoms with E-state index >= 15 is 0 Å². The standard InChI is InChI=1S/C11H12N4S/c1-6-4-16-10-7(6)14-11(12-2)8-9(10)15(3)5-13-8/h4-5H,1-3H3,(H,12,14). The summed E-state index contributed by atoms with van der Waals surface area (Å²) in [4.78, 5) is 9.01. The number of aryl methyl sites for hydroxylation is 2. The summed E-state index contributed by atoms with van der Waals surface area (Å²) < 4.78 is 3.27. The van der Waals surface area contributed by atoms with Crippen LogP contribution in [-0.2, 0) is 7.05 Å². The molecule has 0 aliphatic carbocycles. The van der Waals surface area contributed by atoms with E-state index in [9.17, 15) is 0 Å². The lowest BCUT2D eigenvalue weighted by molar-refractivity contribution is 0.951. The maximum atomic E-state index is 4.62. The molecular formula is C11H12N4S. The summed E-state index contributed by atoms with van der Waals surface area (Å²) >= 11 is 1.73. The Morgan fingerprint density at radius 3 is 2.94 bits per heavy atom. The van der Waals surface area contributed by atoms with E-state index in [2.05, 4.69) is 32.2 Å². The summed E-state index contributed by atoms with van der Waals surface area (Å²) in [6.45, 7) is 2.09. The first kappa shape index (κ1) is 9.59. The topological polar surface area (TPSA) is 42.7 Å². The van der Waals surface area contributed by atoms with Gasteiger partial charge >= 0.3 is 0 Å². The van der Waals surface area contributed by atoms with Gasteiger partial charge in [-0.05, 0) is 17.9 Å². The second-order valence-corrected chi connectivity index (χ2v) is 4.74. The number of hydrogen-bond acceptors (Lipinski definition) is 4. The van der Waals surface area contributed by atoms with Crippen LogP contribution in [0.3, 0.4) is 0 Å². The van der Waals surface area contributed by atoms with Crippen molar-refractivity contribution >= 4 is 38.4 Å². The van der Waals surface area contributed by atoms with Gasteiger partial charge in [-0.15, -0.1) is 11.3 Å². The molecule has 0 radical (unpaired) electrons. The molecule has 0 aliphatic rings. The molecule has 4 nitrogen and oxygen atoms in total. The summed E-state index contributed by atoms with van der Waals surface area (Å²) in [5, 5.41) is 5.25. The molecule has 5 heteroatoms. The summed E-state index contributed by atoms with van der Waals surface area (Å²) in [6.07, 6.45) is 1.84.